The van der Waals surface area contributed by atoms with Crippen molar-refractivity contribution in [1.82, 2.24) is 4.90 Å². The molecule has 2 nitrogen and oxygen atoms in total. The number of ether oxygens (including phenoxy) is 1. The zero-order chi connectivity index (χ0) is 21.8. The molecule has 0 N–H and O–H groups in total. The van der Waals surface area contributed by atoms with Crippen LogP contribution in [0.5, 0.6) is 0 Å². The van der Waals surface area contributed by atoms with Crippen LogP contribution in [0.3, 0.4) is 0 Å². The summed E-state index contributed by atoms with van der Waals surface area (Å²) in [6.07, 6.45) is 7.00. The van der Waals surface area contributed by atoms with Crippen molar-refractivity contribution in [2.75, 3.05) is 6.61 Å². The van der Waals surface area contributed by atoms with Gasteiger partial charge in [0.2, 0.25) is 0 Å². The van der Waals surface area contributed by atoms with Crippen LogP contribution < -0.4 is 0 Å². The lowest BCUT2D eigenvalue weighted by Crippen LogP contribution is -2.39. The quantitative estimate of drug-likeness (QED) is 0.390. The highest BCUT2D eigenvalue weighted by Gasteiger charge is 2.38. The molecule has 2 aliphatic heterocycles. The van der Waals surface area contributed by atoms with Gasteiger partial charge < -0.3 is 4.74 Å². The molecule has 2 bridgehead atoms. The molecule has 32 heavy (non-hydrogen) atoms. The molecule has 0 saturated carbocycles. The molecule has 5 rings (SSSR count). The first-order valence-electron chi connectivity index (χ1n) is 11.7. The Kier molecular flexibility index (Phi) is 6.47. The molecule has 3 heteroatoms. The van der Waals surface area contributed by atoms with Crippen LogP contribution in [-0.2, 0) is 11.3 Å². The highest BCUT2D eigenvalue weighted by molar-refractivity contribution is 5.30. The second-order valence-corrected chi connectivity index (χ2v) is 8.99. The highest BCUT2D eigenvalue weighted by atomic mass is 19.1. The number of halogens is 1. The van der Waals surface area contributed by atoms with Gasteiger partial charge in [-0.3, -0.25) is 4.90 Å². The van der Waals surface area contributed by atoms with Crippen LogP contribution in [0.1, 0.15) is 48.5 Å². The van der Waals surface area contributed by atoms with Crippen molar-refractivity contribution in [2.24, 2.45) is 0 Å². The number of hydrogen-bond donors (Lipinski definition) is 0. The molecule has 0 aliphatic carbocycles. The van der Waals surface area contributed by atoms with E-state index in [4.69, 9.17) is 4.74 Å². The third kappa shape index (κ3) is 4.85. The number of fused-ring (bicyclic) bond motifs is 2. The Morgan fingerprint density at radius 2 is 1.38 bits per heavy atom. The van der Waals surface area contributed by atoms with Crippen molar-refractivity contribution >= 4 is 0 Å². The maximum Gasteiger partial charge on any atom is 0.123 e. The summed E-state index contributed by atoms with van der Waals surface area (Å²) in [4.78, 5) is 2.63. The smallest absolute Gasteiger partial charge is 0.123 e. The van der Waals surface area contributed by atoms with Crippen LogP contribution in [0.25, 0.3) is 0 Å². The number of hydrogen-bond acceptors (Lipinski definition) is 2. The van der Waals surface area contributed by atoms with Crippen LogP contribution >= 0.6 is 0 Å². The summed E-state index contributed by atoms with van der Waals surface area (Å²) in [5.41, 5.74) is 5.10. The van der Waals surface area contributed by atoms with Crippen molar-refractivity contribution < 1.29 is 9.13 Å². The minimum Gasteiger partial charge on any atom is -0.365 e. The van der Waals surface area contributed by atoms with E-state index in [1.54, 1.807) is 12.1 Å². The van der Waals surface area contributed by atoms with Gasteiger partial charge in [0.05, 0.1) is 6.61 Å². The van der Waals surface area contributed by atoms with E-state index in [1.165, 1.54) is 35.1 Å². The lowest BCUT2D eigenvalue weighted by Gasteiger charge is -2.36. The molecule has 2 aliphatic rings. The van der Waals surface area contributed by atoms with Crippen LogP contribution in [-0.4, -0.2) is 23.6 Å². The van der Waals surface area contributed by atoms with Gasteiger partial charge in [-0.05, 0) is 54.5 Å². The van der Waals surface area contributed by atoms with Crippen LogP contribution in [0.2, 0.25) is 0 Å². The van der Waals surface area contributed by atoms with Gasteiger partial charge >= 0.3 is 0 Å². The van der Waals surface area contributed by atoms with Gasteiger partial charge in [-0.15, -0.1) is 0 Å². The summed E-state index contributed by atoms with van der Waals surface area (Å²) in [6.45, 7) is 1.55. The Bertz CT molecular complexity index is 976. The van der Waals surface area contributed by atoms with Crippen LogP contribution in [0.15, 0.2) is 96.6 Å². The SMILES string of the molecule is Fc1ccc(CN2[C@@H]3CC[C@H]2CC(=CCOC(c2ccccc2)c2ccccc2)C3)cc1. The Morgan fingerprint density at radius 1 is 0.812 bits per heavy atom. The minimum absolute atomic E-state index is 0.0514. The van der Waals surface area contributed by atoms with Crippen LogP contribution in [0, 0.1) is 5.82 Å². The lowest BCUT2D eigenvalue weighted by molar-refractivity contribution is 0.102. The minimum atomic E-state index is -0.162. The Balaban J connectivity index is 1.23. The maximum atomic E-state index is 13.2. The molecule has 2 saturated heterocycles. The second-order valence-electron chi connectivity index (χ2n) is 8.99. The summed E-state index contributed by atoms with van der Waals surface area (Å²) < 4.78 is 19.7. The number of nitrogens with zero attached hydrogens (tertiary/aromatic N) is 1. The maximum absolute atomic E-state index is 13.2. The third-order valence-electron chi connectivity index (χ3n) is 6.88. The van der Waals surface area contributed by atoms with E-state index in [9.17, 15) is 4.39 Å². The zero-order valence-electron chi connectivity index (χ0n) is 18.4. The van der Waals surface area contributed by atoms with Crippen molar-refractivity contribution in [2.45, 2.75) is 50.4 Å². The molecule has 0 amide bonds. The summed E-state index contributed by atoms with van der Waals surface area (Å²) >= 11 is 0. The van der Waals surface area contributed by atoms with Crippen molar-refractivity contribution in [1.29, 1.82) is 0 Å². The average Bonchev–Trinajstić information content (AvgIpc) is 3.06. The second kappa shape index (κ2) is 9.81. The van der Waals surface area contributed by atoms with Crippen molar-refractivity contribution in [3.05, 3.63) is 119 Å². The summed E-state index contributed by atoms with van der Waals surface area (Å²) in [6, 6.07) is 29.1. The molecule has 3 aromatic rings. The topological polar surface area (TPSA) is 12.5 Å². The van der Waals surface area contributed by atoms with E-state index in [1.807, 2.05) is 24.3 Å². The number of rotatable bonds is 7. The van der Waals surface area contributed by atoms with Gasteiger partial charge in [-0.25, -0.2) is 4.39 Å². The normalized spacial score (nSPS) is 22.0. The molecule has 164 valence electrons. The van der Waals surface area contributed by atoms with Crippen LogP contribution in [0.4, 0.5) is 4.39 Å². The van der Waals surface area contributed by atoms with E-state index in [0.29, 0.717) is 18.7 Å². The Morgan fingerprint density at radius 3 is 1.94 bits per heavy atom. The average molecular weight is 428 g/mol. The lowest BCUT2D eigenvalue weighted by atomic mass is 9.95. The number of benzene rings is 3. The molecular weight excluding hydrogens is 397 g/mol. The Hall–Kier alpha value is -2.75. The van der Waals surface area contributed by atoms with Crippen molar-refractivity contribution in [3.8, 4) is 0 Å². The summed E-state index contributed by atoms with van der Waals surface area (Å²) in [7, 11) is 0. The van der Waals surface area contributed by atoms with E-state index >= 15 is 0 Å². The van der Waals surface area contributed by atoms with Gasteiger partial charge in [0, 0.05) is 18.6 Å². The fourth-order valence-electron chi connectivity index (χ4n) is 5.27. The van der Waals surface area contributed by atoms with Gasteiger partial charge in [0.1, 0.15) is 11.9 Å². The first-order chi connectivity index (χ1) is 15.8. The number of piperidine rings is 1. The molecule has 0 unspecified atom stereocenters. The van der Waals surface area contributed by atoms with E-state index in [-0.39, 0.29) is 11.9 Å². The van der Waals surface area contributed by atoms with E-state index < -0.39 is 0 Å². The largest absolute Gasteiger partial charge is 0.365 e. The molecule has 0 aromatic heterocycles. The fraction of sp³-hybridized carbons (Fsp3) is 0.310. The van der Waals surface area contributed by atoms with Gasteiger partial charge in [-0.1, -0.05) is 84.4 Å². The molecule has 3 aromatic carbocycles. The molecule has 0 spiro atoms. The standard InChI is InChI=1S/C29H30FNO/c30-26-13-11-22(12-14-26)21-31-27-15-16-28(31)20-23(19-27)17-18-32-29(24-7-3-1-4-8-24)25-9-5-2-6-10-25/h1-14,17,27-29H,15-16,18-21H2/t27-,28+. The highest BCUT2D eigenvalue weighted by Crippen LogP contribution is 2.39. The molecular formula is C29H30FNO. The summed E-state index contributed by atoms with van der Waals surface area (Å²) in [5.74, 6) is -0.162. The van der Waals surface area contributed by atoms with Crippen molar-refractivity contribution in [3.63, 3.8) is 0 Å². The molecule has 0 radical (unpaired) electrons. The molecule has 2 heterocycles. The third-order valence-corrected chi connectivity index (χ3v) is 6.88. The van der Waals surface area contributed by atoms with E-state index in [2.05, 4.69) is 59.5 Å². The van der Waals surface area contributed by atoms with Gasteiger partial charge in [0.25, 0.3) is 0 Å². The first-order valence-corrected chi connectivity index (χ1v) is 11.7. The van der Waals surface area contributed by atoms with Gasteiger partial charge in [0.15, 0.2) is 0 Å². The fourth-order valence-corrected chi connectivity index (χ4v) is 5.27. The van der Waals surface area contributed by atoms with E-state index in [0.717, 1.165) is 19.4 Å². The van der Waals surface area contributed by atoms with Gasteiger partial charge in [-0.2, -0.15) is 0 Å². The predicted molar refractivity (Wildman–Crippen MR) is 127 cm³/mol. The first kappa shape index (κ1) is 21.1. The Labute approximate surface area is 190 Å². The molecule has 2 fully saturated rings. The summed E-state index contributed by atoms with van der Waals surface area (Å²) in [5, 5.41) is 0. The predicted octanol–water partition coefficient (Wildman–Crippen LogP) is 6.69. The molecule has 2 atom stereocenters. The zero-order valence-corrected chi connectivity index (χ0v) is 18.4. The monoisotopic (exact) mass is 427 g/mol.